The number of carbonyl (C=O) groups is 1. The largest absolute Gasteiger partial charge is 0.394 e. The number of rotatable bonds is 6. The standard InChI is InChI=1S/C17H32ClNO7/c1-9(21)19-12-10(22)7-17(16(5,6)18,26-15(2,3)4)25-14(12)13(24)11(23)8-20/h10-14,20,22-24H,7-8H2,1-6H3,(H,19,21)/t10-,11+,12+,13+,14+,17+/m0/s1. The molecule has 26 heavy (non-hydrogen) atoms. The number of alkyl halides is 1. The van der Waals surface area contributed by atoms with Crippen molar-refractivity contribution in [1.29, 1.82) is 0 Å². The van der Waals surface area contributed by atoms with Crippen LogP contribution in [-0.4, -0.2) is 79.7 Å². The Morgan fingerprint density at radius 1 is 1.35 bits per heavy atom. The third-order valence-electron chi connectivity index (χ3n) is 4.24. The van der Waals surface area contributed by atoms with Crippen LogP contribution < -0.4 is 5.32 Å². The Kier molecular flexibility index (Phi) is 7.49. The molecule has 0 saturated carbocycles. The molecule has 6 atom stereocenters. The maximum atomic E-state index is 11.5. The third-order valence-corrected chi connectivity index (χ3v) is 4.53. The normalized spacial score (nSPS) is 32.8. The van der Waals surface area contributed by atoms with Gasteiger partial charge in [0.25, 0.3) is 0 Å². The molecule has 1 heterocycles. The highest BCUT2D eigenvalue weighted by molar-refractivity contribution is 6.24. The van der Waals surface area contributed by atoms with Crippen LogP contribution in [0.15, 0.2) is 0 Å². The second kappa shape index (κ2) is 8.26. The Balaban J connectivity index is 3.35. The number of halogens is 1. The summed E-state index contributed by atoms with van der Waals surface area (Å²) in [5, 5.41) is 42.7. The van der Waals surface area contributed by atoms with Crippen LogP contribution >= 0.6 is 11.6 Å². The van der Waals surface area contributed by atoms with E-state index in [-0.39, 0.29) is 6.42 Å². The van der Waals surface area contributed by atoms with Gasteiger partial charge in [0, 0.05) is 13.3 Å². The second-order valence-corrected chi connectivity index (χ2v) is 9.21. The van der Waals surface area contributed by atoms with E-state index < -0.39 is 59.2 Å². The number of hydrogen-bond donors (Lipinski definition) is 5. The van der Waals surface area contributed by atoms with E-state index in [0.717, 1.165) is 0 Å². The van der Waals surface area contributed by atoms with E-state index in [2.05, 4.69) is 5.32 Å². The molecule has 154 valence electrons. The minimum Gasteiger partial charge on any atom is -0.394 e. The summed E-state index contributed by atoms with van der Waals surface area (Å²) in [6.07, 6.45) is -5.62. The number of ether oxygens (including phenoxy) is 2. The van der Waals surface area contributed by atoms with E-state index >= 15 is 0 Å². The summed E-state index contributed by atoms with van der Waals surface area (Å²) in [5.41, 5.74) is -0.697. The first-order chi connectivity index (χ1) is 11.6. The van der Waals surface area contributed by atoms with Crippen molar-refractivity contribution in [2.24, 2.45) is 0 Å². The second-order valence-electron chi connectivity index (χ2n) is 8.26. The summed E-state index contributed by atoms with van der Waals surface area (Å²) in [7, 11) is 0. The smallest absolute Gasteiger partial charge is 0.217 e. The first-order valence-electron chi connectivity index (χ1n) is 8.62. The van der Waals surface area contributed by atoms with E-state index in [1.54, 1.807) is 34.6 Å². The van der Waals surface area contributed by atoms with Crippen molar-refractivity contribution in [2.75, 3.05) is 6.61 Å². The molecular weight excluding hydrogens is 366 g/mol. The Labute approximate surface area is 159 Å². The molecular formula is C17H32ClNO7. The summed E-state index contributed by atoms with van der Waals surface area (Å²) < 4.78 is 12.1. The van der Waals surface area contributed by atoms with E-state index in [4.69, 9.17) is 21.1 Å². The van der Waals surface area contributed by atoms with Crippen molar-refractivity contribution in [3.05, 3.63) is 0 Å². The van der Waals surface area contributed by atoms with Crippen LogP contribution in [0.2, 0.25) is 0 Å². The average molecular weight is 398 g/mol. The molecule has 0 aromatic rings. The zero-order valence-electron chi connectivity index (χ0n) is 16.2. The van der Waals surface area contributed by atoms with Gasteiger partial charge in [0.05, 0.1) is 29.2 Å². The third kappa shape index (κ3) is 5.51. The lowest BCUT2D eigenvalue weighted by Gasteiger charge is -2.54. The van der Waals surface area contributed by atoms with Crippen molar-refractivity contribution in [3.8, 4) is 0 Å². The average Bonchev–Trinajstić information content (AvgIpc) is 2.45. The molecule has 0 spiro atoms. The predicted molar refractivity (Wildman–Crippen MR) is 95.7 cm³/mol. The number of hydrogen-bond acceptors (Lipinski definition) is 7. The monoisotopic (exact) mass is 397 g/mol. The van der Waals surface area contributed by atoms with Crippen LogP contribution in [0.3, 0.4) is 0 Å². The maximum absolute atomic E-state index is 11.5. The zero-order chi connectivity index (χ0) is 20.5. The SMILES string of the molecule is CC(=O)N[C@H]1[C@H]([C@H](O)[C@H](O)CO)O[C@](OC(C)(C)C)(C(C)(C)Cl)C[C@@H]1O. The molecule has 9 heteroatoms. The van der Waals surface area contributed by atoms with Crippen LogP contribution in [0, 0.1) is 0 Å². The van der Waals surface area contributed by atoms with Gasteiger partial charge >= 0.3 is 0 Å². The first-order valence-corrected chi connectivity index (χ1v) is 9.00. The number of carbonyl (C=O) groups excluding carboxylic acids is 1. The van der Waals surface area contributed by atoms with Gasteiger partial charge < -0.3 is 35.2 Å². The number of aliphatic hydroxyl groups excluding tert-OH is 4. The van der Waals surface area contributed by atoms with E-state index in [1.807, 2.05) is 0 Å². The molecule has 1 amide bonds. The summed E-state index contributed by atoms with van der Waals surface area (Å²) in [6, 6.07) is -1.01. The van der Waals surface area contributed by atoms with Crippen LogP contribution in [-0.2, 0) is 14.3 Å². The zero-order valence-corrected chi connectivity index (χ0v) is 16.9. The molecule has 1 saturated heterocycles. The van der Waals surface area contributed by atoms with Gasteiger partial charge in [-0.3, -0.25) is 4.79 Å². The van der Waals surface area contributed by atoms with E-state index in [9.17, 15) is 25.2 Å². The van der Waals surface area contributed by atoms with Gasteiger partial charge in [-0.2, -0.15) is 0 Å². The number of nitrogens with one attached hydrogen (secondary N) is 1. The predicted octanol–water partition coefficient (Wildman–Crippen LogP) is -0.116. The summed E-state index contributed by atoms with van der Waals surface area (Å²) >= 11 is 6.54. The van der Waals surface area contributed by atoms with Crippen molar-refractivity contribution in [1.82, 2.24) is 5.32 Å². The Hall–Kier alpha value is -0.480. The Bertz CT molecular complexity index is 490. The molecule has 0 aromatic carbocycles. The van der Waals surface area contributed by atoms with E-state index in [1.165, 1.54) is 6.92 Å². The molecule has 0 aliphatic carbocycles. The number of aliphatic hydroxyl groups is 4. The highest BCUT2D eigenvalue weighted by atomic mass is 35.5. The van der Waals surface area contributed by atoms with Gasteiger partial charge in [-0.1, -0.05) is 0 Å². The fraction of sp³-hybridized carbons (Fsp3) is 0.941. The van der Waals surface area contributed by atoms with Gasteiger partial charge in [0.15, 0.2) is 5.79 Å². The molecule has 1 aliphatic rings. The molecule has 0 aromatic heterocycles. The van der Waals surface area contributed by atoms with Gasteiger partial charge in [-0.15, -0.1) is 11.6 Å². The Morgan fingerprint density at radius 3 is 2.27 bits per heavy atom. The van der Waals surface area contributed by atoms with Gasteiger partial charge in [-0.05, 0) is 34.6 Å². The minimum atomic E-state index is -1.59. The summed E-state index contributed by atoms with van der Waals surface area (Å²) in [5.74, 6) is -1.95. The lowest BCUT2D eigenvalue weighted by molar-refractivity contribution is -0.354. The molecule has 1 rings (SSSR count). The molecule has 8 nitrogen and oxygen atoms in total. The molecule has 5 N–H and O–H groups in total. The van der Waals surface area contributed by atoms with E-state index in [0.29, 0.717) is 0 Å². The van der Waals surface area contributed by atoms with Gasteiger partial charge in [0.2, 0.25) is 5.91 Å². The fourth-order valence-electron chi connectivity index (χ4n) is 3.05. The van der Waals surface area contributed by atoms with Gasteiger partial charge in [0.1, 0.15) is 18.3 Å². The van der Waals surface area contributed by atoms with Crippen LogP contribution in [0.4, 0.5) is 0 Å². The van der Waals surface area contributed by atoms with Crippen LogP contribution in [0.5, 0.6) is 0 Å². The first kappa shape index (κ1) is 23.6. The molecule has 0 radical (unpaired) electrons. The van der Waals surface area contributed by atoms with Crippen LogP contribution in [0.25, 0.3) is 0 Å². The molecule has 1 aliphatic heterocycles. The number of amides is 1. The lowest BCUT2D eigenvalue weighted by atomic mass is 9.83. The maximum Gasteiger partial charge on any atom is 0.217 e. The highest BCUT2D eigenvalue weighted by Crippen LogP contribution is 2.45. The van der Waals surface area contributed by atoms with Crippen molar-refractivity contribution in [3.63, 3.8) is 0 Å². The van der Waals surface area contributed by atoms with Crippen LogP contribution in [0.1, 0.15) is 48.0 Å². The lowest BCUT2D eigenvalue weighted by Crippen LogP contribution is -2.70. The molecule has 0 unspecified atom stereocenters. The summed E-state index contributed by atoms with van der Waals surface area (Å²) in [6.45, 7) is 9.22. The molecule has 0 bridgehead atoms. The van der Waals surface area contributed by atoms with Gasteiger partial charge in [-0.25, -0.2) is 0 Å². The van der Waals surface area contributed by atoms with Crippen molar-refractivity contribution < 1.29 is 34.7 Å². The molecule has 1 fully saturated rings. The highest BCUT2D eigenvalue weighted by Gasteiger charge is 2.58. The van der Waals surface area contributed by atoms with Crippen molar-refractivity contribution in [2.45, 2.75) is 94.7 Å². The minimum absolute atomic E-state index is 0.0653. The fourth-order valence-corrected chi connectivity index (χ4v) is 3.21. The topological polar surface area (TPSA) is 128 Å². The van der Waals surface area contributed by atoms with Crippen molar-refractivity contribution >= 4 is 17.5 Å². The Morgan fingerprint density at radius 2 is 1.88 bits per heavy atom. The quantitative estimate of drug-likeness (QED) is 0.395. The summed E-state index contributed by atoms with van der Waals surface area (Å²) in [4.78, 5) is 10.4.